The molecular formula is C19H23FN4O. The maximum absolute atomic E-state index is 13.6. The van der Waals surface area contributed by atoms with Crippen LogP contribution < -0.4 is 10.2 Å². The molecule has 1 fully saturated rings. The van der Waals surface area contributed by atoms with Crippen LogP contribution in [0.5, 0.6) is 0 Å². The van der Waals surface area contributed by atoms with E-state index < -0.39 is 0 Å². The largest absolute Gasteiger partial charge is 0.356 e. The molecule has 0 radical (unpaired) electrons. The van der Waals surface area contributed by atoms with Crippen molar-refractivity contribution in [1.29, 1.82) is 0 Å². The first-order valence-corrected chi connectivity index (χ1v) is 8.76. The van der Waals surface area contributed by atoms with Gasteiger partial charge in [-0.05, 0) is 44.2 Å². The Morgan fingerprint density at radius 2 is 1.96 bits per heavy atom. The van der Waals surface area contributed by atoms with E-state index in [0.29, 0.717) is 30.0 Å². The summed E-state index contributed by atoms with van der Waals surface area (Å²) in [7, 11) is 0. The number of amides is 1. The van der Waals surface area contributed by atoms with Crippen LogP contribution in [-0.4, -0.2) is 35.5 Å². The maximum atomic E-state index is 13.6. The van der Waals surface area contributed by atoms with Crippen LogP contribution in [0.1, 0.15) is 41.1 Å². The molecule has 1 aliphatic rings. The van der Waals surface area contributed by atoms with Gasteiger partial charge in [-0.3, -0.25) is 4.79 Å². The third-order valence-electron chi connectivity index (χ3n) is 4.37. The van der Waals surface area contributed by atoms with Crippen LogP contribution in [0, 0.1) is 12.7 Å². The molecule has 25 heavy (non-hydrogen) atoms. The van der Waals surface area contributed by atoms with Crippen molar-refractivity contribution in [3.63, 3.8) is 0 Å². The van der Waals surface area contributed by atoms with E-state index in [1.54, 1.807) is 31.2 Å². The van der Waals surface area contributed by atoms with E-state index in [9.17, 15) is 9.18 Å². The average Bonchev–Trinajstić information content (AvgIpc) is 2.63. The van der Waals surface area contributed by atoms with E-state index in [0.717, 1.165) is 31.7 Å². The minimum atomic E-state index is -0.250. The highest BCUT2D eigenvalue weighted by atomic mass is 19.1. The molecule has 1 aromatic carbocycles. The van der Waals surface area contributed by atoms with Crippen molar-refractivity contribution >= 4 is 11.7 Å². The van der Waals surface area contributed by atoms with Gasteiger partial charge < -0.3 is 10.2 Å². The standard InChI is InChI=1S/C19H23FN4O/c1-14-22-17(13-18(23-14)24-11-5-2-6-12-24)19(25)21-10-9-15-7-3-4-8-16(15)20/h3-4,7-8,13H,2,5-6,9-12H2,1H3,(H,21,25). The number of halogens is 1. The van der Waals surface area contributed by atoms with E-state index in [1.807, 2.05) is 0 Å². The molecule has 1 aliphatic heterocycles. The molecular weight excluding hydrogens is 319 g/mol. The first kappa shape index (κ1) is 17.3. The number of carbonyl (C=O) groups excluding carboxylic acids is 1. The van der Waals surface area contributed by atoms with Gasteiger partial charge in [0.15, 0.2) is 0 Å². The number of benzene rings is 1. The van der Waals surface area contributed by atoms with Crippen LogP contribution >= 0.6 is 0 Å². The Balaban J connectivity index is 1.63. The lowest BCUT2D eigenvalue weighted by atomic mass is 10.1. The lowest BCUT2D eigenvalue weighted by Crippen LogP contribution is -2.32. The summed E-state index contributed by atoms with van der Waals surface area (Å²) in [6.07, 6.45) is 3.98. The summed E-state index contributed by atoms with van der Waals surface area (Å²) in [5.74, 6) is 0.899. The zero-order chi connectivity index (χ0) is 17.6. The van der Waals surface area contributed by atoms with Gasteiger partial charge in [0.25, 0.3) is 5.91 Å². The fraction of sp³-hybridized carbons (Fsp3) is 0.421. The molecule has 5 nitrogen and oxygen atoms in total. The van der Waals surface area contributed by atoms with Gasteiger partial charge in [0.1, 0.15) is 23.2 Å². The third-order valence-corrected chi connectivity index (χ3v) is 4.37. The second-order valence-corrected chi connectivity index (χ2v) is 6.30. The van der Waals surface area contributed by atoms with Gasteiger partial charge in [0.2, 0.25) is 0 Å². The third kappa shape index (κ3) is 4.53. The van der Waals surface area contributed by atoms with Gasteiger partial charge >= 0.3 is 0 Å². The van der Waals surface area contributed by atoms with Crippen molar-refractivity contribution in [2.24, 2.45) is 0 Å². The van der Waals surface area contributed by atoms with Crippen molar-refractivity contribution in [3.05, 3.63) is 53.2 Å². The summed E-state index contributed by atoms with van der Waals surface area (Å²) < 4.78 is 13.6. The van der Waals surface area contributed by atoms with Gasteiger partial charge in [-0.25, -0.2) is 14.4 Å². The van der Waals surface area contributed by atoms with Gasteiger partial charge in [0.05, 0.1) is 0 Å². The molecule has 0 spiro atoms. The quantitative estimate of drug-likeness (QED) is 0.908. The number of piperidine rings is 1. The van der Waals surface area contributed by atoms with E-state index in [4.69, 9.17) is 0 Å². The van der Waals surface area contributed by atoms with Crippen molar-refractivity contribution in [2.45, 2.75) is 32.6 Å². The number of nitrogens with zero attached hydrogens (tertiary/aromatic N) is 3. The second kappa shape index (κ2) is 8.05. The number of aryl methyl sites for hydroxylation is 1. The number of hydrogen-bond acceptors (Lipinski definition) is 4. The summed E-state index contributed by atoms with van der Waals surface area (Å²) in [6.45, 7) is 4.08. The molecule has 0 atom stereocenters. The monoisotopic (exact) mass is 342 g/mol. The summed E-state index contributed by atoms with van der Waals surface area (Å²) in [5, 5.41) is 2.82. The highest BCUT2D eigenvalue weighted by Gasteiger charge is 2.16. The molecule has 2 heterocycles. The Bertz CT molecular complexity index is 744. The first-order chi connectivity index (χ1) is 12.1. The van der Waals surface area contributed by atoms with E-state index >= 15 is 0 Å². The Hall–Kier alpha value is -2.50. The maximum Gasteiger partial charge on any atom is 0.270 e. The van der Waals surface area contributed by atoms with Crippen molar-refractivity contribution in [1.82, 2.24) is 15.3 Å². The molecule has 132 valence electrons. The average molecular weight is 342 g/mol. The molecule has 0 aliphatic carbocycles. The summed E-state index contributed by atoms with van der Waals surface area (Å²) in [5.41, 5.74) is 0.956. The van der Waals surface area contributed by atoms with Gasteiger partial charge in [-0.2, -0.15) is 0 Å². The topological polar surface area (TPSA) is 58.1 Å². The van der Waals surface area contributed by atoms with Crippen molar-refractivity contribution < 1.29 is 9.18 Å². The molecule has 1 N–H and O–H groups in total. The van der Waals surface area contributed by atoms with Crippen molar-refractivity contribution in [2.75, 3.05) is 24.5 Å². The highest BCUT2D eigenvalue weighted by molar-refractivity contribution is 5.92. The molecule has 6 heteroatoms. The highest BCUT2D eigenvalue weighted by Crippen LogP contribution is 2.18. The Kier molecular flexibility index (Phi) is 5.58. The zero-order valence-corrected chi connectivity index (χ0v) is 14.5. The lowest BCUT2D eigenvalue weighted by Gasteiger charge is -2.28. The van der Waals surface area contributed by atoms with Crippen molar-refractivity contribution in [3.8, 4) is 0 Å². The molecule has 1 saturated heterocycles. The summed E-state index contributed by atoms with van der Waals surface area (Å²) >= 11 is 0. The molecule has 2 aromatic rings. The first-order valence-electron chi connectivity index (χ1n) is 8.76. The molecule has 0 unspecified atom stereocenters. The number of carbonyl (C=O) groups is 1. The lowest BCUT2D eigenvalue weighted by molar-refractivity contribution is 0.0948. The summed E-state index contributed by atoms with van der Waals surface area (Å²) in [4.78, 5) is 23.3. The predicted octanol–water partition coefficient (Wildman–Crippen LogP) is 2.89. The van der Waals surface area contributed by atoms with Gasteiger partial charge in [-0.15, -0.1) is 0 Å². The summed E-state index contributed by atoms with van der Waals surface area (Å²) in [6, 6.07) is 8.35. The Morgan fingerprint density at radius 3 is 2.72 bits per heavy atom. The van der Waals surface area contributed by atoms with Crippen LogP contribution in [0.15, 0.2) is 30.3 Å². The van der Waals surface area contributed by atoms with Crippen LogP contribution in [0.3, 0.4) is 0 Å². The Morgan fingerprint density at radius 1 is 1.20 bits per heavy atom. The predicted molar refractivity (Wildman–Crippen MR) is 95.3 cm³/mol. The normalized spacial score (nSPS) is 14.4. The van der Waals surface area contributed by atoms with Gasteiger partial charge in [0, 0.05) is 25.7 Å². The van der Waals surface area contributed by atoms with E-state index in [-0.39, 0.29) is 11.7 Å². The van der Waals surface area contributed by atoms with Crippen LogP contribution in [0.25, 0.3) is 0 Å². The van der Waals surface area contributed by atoms with Crippen LogP contribution in [0.2, 0.25) is 0 Å². The zero-order valence-electron chi connectivity index (χ0n) is 14.5. The van der Waals surface area contributed by atoms with E-state index in [2.05, 4.69) is 20.2 Å². The number of nitrogens with one attached hydrogen (secondary N) is 1. The van der Waals surface area contributed by atoms with E-state index in [1.165, 1.54) is 12.5 Å². The second-order valence-electron chi connectivity index (χ2n) is 6.30. The van der Waals surface area contributed by atoms with Crippen LogP contribution in [-0.2, 0) is 6.42 Å². The SMILES string of the molecule is Cc1nc(C(=O)NCCc2ccccc2F)cc(N2CCCCC2)n1. The number of rotatable bonds is 5. The molecule has 1 aromatic heterocycles. The molecule has 1 amide bonds. The fourth-order valence-corrected chi connectivity index (χ4v) is 3.06. The number of hydrogen-bond donors (Lipinski definition) is 1. The molecule has 0 saturated carbocycles. The number of anilines is 1. The van der Waals surface area contributed by atoms with Crippen LogP contribution in [0.4, 0.5) is 10.2 Å². The Labute approximate surface area is 147 Å². The number of aromatic nitrogens is 2. The fourth-order valence-electron chi connectivity index (χ4n) is 3.06. The smallest absolute Gasteiger partial charge is 0.270 e. The van der Waals surface area contributed by atoms with Gasteiger partial charge in [-0.1, -0.05) is 18.2 Å². The molecule has 3 rings (SSSR count). The minimum Gasteiger partial charge on any atom is -0.356 e. The molecule has 0 bridgehead atoms. The minimum absolute atomic E-state index is 0.248.